The normalized spacial score (nSPS) is 21.4. The van der Waals surface area contributed by atoms with Crippen molar-refractivity contribution in [1.82, 2.24) is 20.1 Å². The van der Waals surface area contributed by atoms with Crippen LogP contribution in [0.3, 0.4) is 0 Å². The van der Waals surface area contributed by atoms with Gasteiger partial charge in [-0.05, 0) is 88.1 Å². The van der Waals surface area contributed by atoms with Gasteiger partial charge in [0.2, 0.25) is 11.8 Å². The lowest BCUT2D eigenvalue weighted by atomic mass is 9.93. The van der Waals surface area contributed by atoms with E-state index in [1.165, 1.54) is 44.9 Å². The molecule has 2 atom stereocenters. The molecule has 0 bridgehead atoms. The number of hydrogen-bond acceptors (Lipinski definition) is 6. The predicted octanol–water partition coefficient (Wildman–Crippen LogP) is 6.22. The Labute approximate surface area is 258 Å². The number of benzene rings is 1. The van der Waals surface area contributed by atoms with Crippen LogP contribution in [0.2, 0.25) is 0 Å². The first-order valence-electron chi connectivity index (χ1n) is 17.1. The summed E-state index contributed by atoms with van der Waals surface area (Å²) in [6, 6.07) is 8.46. The van der Waals surface area contributed by atoms with E-state index in [0.29, 0.717) is 37.4 Å². The van der Waals surface area contributed by atoms with Gasteiger partial charge in [0.05, 0.1) is 12.6 Å². The van der Waals surface area contributed by atoms with Crippen LogP contribution in [0, 0.1) is 0 Å². The summed E-state index contributed by atoms with van der Waals surface area (Å²) >= 11 is 0. The van der Waals surface area contributed by atoms with Crippen molar-refractivity contribution < 1.29 is 14.3 Å². The first-order valence-corrected chi connectivity index (χ1v) is 17.1. The molecule has 1 saturated heterocycles. The third-order valence-corrected chi connectivity index (χ3v) is 10.2. The van der Waals surface area contributed by atoms with Crippen molar-refractivity contribution in [2.24, 2.45) is 0 Å². The summed E-state index contributed by atoms with van der Waals surface area (Å²) in [6.07, 6.45) is 19.8. The molecule has 8 nitrogen and oxygen atoms in total. The van der Waals surface area contributed by atoms with Crippen LogP contribution >= 0.6 is 0 Å². The lowest BCUT2D eigenvalue weighted by molar-refractivity contribution is -0.142. The van der Waals surface area contributed by atoms with E-state index in [1.54, 1.807) is 6.20 Å². The van der Waals surface area contributed by atoms with Crippen molar-refractivity contribution in [3.05, 3.63) is 30.5 Å². The van der Waals surface area contributed by atoms with Gasteiger partial charge in [-0.25, -0.2) is 4.98 Å². The SMILES string of the molecule is CN(C1CCCCCCC1)C(CCC(=O)NC1CCCC1)C(=O)N1CCCCC1CCOc1ccc2c(N)nccc2c1. The van der Waals surface area contributed by atoms with Crippen molar-refractivity contribution in [1.29, 1.82) is 0 Å². The topological polar surface area (TPSA) is 101 Å². The number of nitrogens with zero attached hydrogens (tertiary/aromatic N) is 3. The number of nitrogens with two attached hydrogens (primary N) is 1. The van der Waals surface area contributed by atoms with Gasteiger partial charge in [-0.2, -0.15) is 0 Å². The Morgan fingerprint density at radius 1 is 1.00 bits per heavy atom. The van der Waals surface area contributed by atoms with Crippen LogP contribution in [0.4, 0.5) is 5.82 Å². The van der Waals surface area contributed by atoms with Crippen molar-refractivity contribution in [2.45, 2.75) is 133 Å². The maximum Gasteiger partial charge on any atom is 0.240 e. The first-order chi connectivity index (χ1) is 21.0. The summed E-state index contributed by atoms with van der Waals surface area (Å²) in [4.78, 5) is 36.0. The average Bonchev–Trinajstić information content (AvgIpc) is 3.50. The molecule has 2 amide bonds. The van der Waals surface area contributed by atoms with Crippen LogP contribution in [0.25, 0.3) is 10.8 Å². The zero-order valence-electron chi connectivity index (χ0n) is 26.3. The Hall–Kier alpha value is -2.87. The van der Waals surface area contributed by atoms with Gasteiger partial charge < -0.3 is 20.7 Å². The zero-order valence-corrected chi connectivity index (χ0v) is 26.3. The van der Waals surface area contributed by atoms with Crippen molar-refractivity contribution in [3.8, 4) is 5.75 Å². The smallest absolute Gasteiger partial charge is 0.240 e. The first kappa shape index (κ1) is 31.6. The number of amides is 2. The van der Waals surface area contributed by atoms with Crippen molar-refractivity contribution >= 4 is 28.4 Å². The zero-order chi connectivity index (χ0) is 30.0. The summed E-state index contributed by atoms with van der Waals surface area (Å²) in [5.41, 5.74) is 6.01. The molecule has 0 radical (unpaired) electrons. The number of carbonyl (C=O) groups excluding carboxylic acids is 2. The lowest BCUT2D eigenvalue weighted by Gasteiger charge is -2.42. The Bertz CT molecular complexity index is 1190. The molecule has 3 N–H and O–H groups in total. The fourth-order valence-electron chi connectivity index (χ4n) is 7.60. The van der Waals surface area contributed by atoms with Gasteiger partial charge in [-0.1, -0.05) is 44.9 Å². The standard InChI is InChI=1S/C35H53N5O3/c1-39(28-13-5-3-2-4-6-14-28)32(18-19-33(41)38-27-11-7-8-12-27)35(42)40-23-10-9-15-29(40)21-24-43-30-16-17-31-26(25-30)20-22-37-34(31)36/h16-17,20,22,25,27-29,32H,2-15,18-19,21,23-24H2,1H3,(H2,36,37)(H,38,41). The molecule has 1 aliphatic heterocycles. The summed E-state index contributed by atoms with van der Waals surface area (Å²) in [5.74, 6) is 1.64. The fraction of sp³-hybridized carbons (Fsp3) is 0.686. The second-order valence-electron chi connectivity index (χ2n) is 13.2. The summed E-state index contributed by atoms with van der Waals surface area (Å²) in [6.45, 7) is 1.34. The number of carbonyl (C=O) groups is 2. The van der Waals surface area contributed by atoms with E-state index in [0.717, 1.165) is 74.4 Å². The minimum absolute atomic E-state index is 0.104. The molecule has 1 aromatic carbocycles. The maximum atomic E-state index is 14.4. The number of fused-ring (bicyclic) bond motifs is 1. The van der Waals surface area contributed by atoms with Gasteiger partial charge in [0, 0.05) is 49.1 Å². The number of nitrogens with one attached hydrogen (secondary N) is 1. The van der Waals surface area contributed by atoms with Crippen LogP contribution < -0.4 is 15.8 Å². The van der Waals surface area contributed by atoms with Crippen LogP contribution in [-0.4, -0.2) is 71.0 Å². The summed E-state index contributed by atoms with van der Waals surface area (Å²) < 4.78 is 6.19. The molecule has 2 saturated carbocycles. The number of ether oxygens (including phenoxy) is 1. The van der Waals surface area contributed by atoms with Gasteiger partial charge >= 0.3 is 0 Å². The van der Waals surface area contributed by atoms with Crippen LogP contribution in [-0.2, 0) is 9.59 Å². The highest BCUT2D eigenvalue weighted by molar-refractivity contribution is 5.91. The lowest BCUT2D eigenvalue weighted by Crippen LogP contribution is -2.55. The largest absolute Gasteiger partial charge is 0.493 e. The molecule has 8 heteroatoms. The van der Waals surface area contributed by atoms with E-state index in [1.807, 2.05) is 24.3 Å². The molecule has 2 unspecified atom stereocenters. The van der Waals surface area contributed by atoms with E-state index in [4.69, 9.17) is 10.5 Å². The van der Waals surface area contributed by atoms with Gasteiger partial charge in [0.1, 0.15) is 11.6 Å². The quantitative estimate of drug-likeness (QED) is 0.322. The Morgan fingerprint density at radius 2 is 1.72 bits per heavy atom. The van der Waals surface area contributed by atoms with Crippen LogP contribution in [0.15, 0.2) is 30.5 Å². The number of nitrogen functional groups attached to an aromatic ring is 1. The van der Waals surface area contributed by atoms with E-state index >= 15 is 0 Å². The minimum atomic E-state index is -0.264. The maximum absolute atomic E-state index is 14.4. The molecule has 1 aromatic heterocycles. The highest BCUT2D eigenvalue weighted by Crippen LogP contribution is 2.28. The fourth-order valence-corrected chi connectivity index (χ4v) is 7.60. The van der Waals surface area contributed by atoms with E-state index in [9.17, 15) is 9.59 Å². The number of likely N-dealkylation sites (N-methyl/N-ethyl adjacent to an activating group) is 1. The monoisotopic (exact) mass is 591 g/mol. The highest BCUT2D eigenvalue weighted by Gasteiger charge is 2.36. The van der Waals surface area contributed by atoms with Crippen LogP contribution in [0.5, 0.6) is 5.75 Å². The Morgan fingerprint density at radius 3 is 2.51 bits per heavy atom. The van der Waals surface area contributed by atoms with Crippen molar-refractivity contribution in [2.75, 3.05) is 25.9 Å². The molecule has 3 fully saturated rings. The van der Waals surface area contributed by atoms with E-state index < -0.39 is 0 Å². The number of anilines is 1. The van der Waals surface area contributed by atoms with Crippen molar-refractivity contribution in [3.63, 3.8) is 0 Å². The number of hydrogen-bond donors (Lipinski definition) is 2. The van der Waals surface area contributed by atoms with E-state index in [-0.39, 0.29) is 23.9 Å². The van der Waals surface area contributed by atoms with Gasteiger partial charge in [0.25, 0.3) is 0 Å². The van der Waals surface area contributed by atoms with Gasteiger partial charge in [-0.3, -0.25) is 14.5 Å². The molecular weight excluding hydrogens is 538 g/mol. The third kappa shape index (κ3) is 8.62. The molecule has 3 aliphatic rings. The number of aromatic nitrogens is 1. The van der Waals surface area contributed by atoms with Gasteiger partial charge in [-0.15, -0.1) is 0 Å². The predicted molar refractivity (Wildman–Crippen MR) is 173 cm³/mol. The molecule has 0 spiro atoms. The molecule has 43 heavy (non-hydrogen) atoms. The second kappa shape index (κ2) is 15.7. The summed E-state index contributed by atoms with van der Waals surface area (Å²) in [5, 5.41) is 5.18. The number of pyridine rings is 1. The van der Waals surface area contributed by atoms with E-state index in [2.05, 4.69) is 27.1 Å². The van der Waals surface area contributed by atoms with Crippen LogP contribution in [0.1, 0.15) is 109 Å². The molecule has 2 aliphatic carbocycles. The molecule has 236 valence electrons. The highest BCUT2D eigenvalue weighted by atomic mass is 16.5. The summed E-state index contributed by atoms with van der Waals surface area (Å²) in [7, 11) is 2.15. The third-order valence-electron chi connectivity index (χ3n) is 10.2. The van der Waals surface area contributed by atoms with Gasteiger partial charge in [0.15, 0.2) is 0 Å². The molecule has 5 rings (SSSR count). The Kier molecular flexibility index (Phi) is 11.5. The number of piperidine rings is 1. The number of rotatable bonds is 11. The molecule has 2 aromatic rings. The number of likely N-dealkylation sites (tertiary alicyclic amines) is 1. The second-order valence-corrected chi connectivity index (χ2v) is 13.2. The minimum Gasteiger partial charge on any atom is -0.493 e. The molecule has 2 heterocycles. The average molecular weight is 592 g/mol. The Balaban J connectivity index is 1.24. The molecular formula is C35H53N5O3.